The van der Waals surface area contributed by atoms with E-state index in [-0.39, 0.29) is 76.1 Å². The molecule has 3 heterocycles. The van der Waals surface area contributed by atoms with Crippen molar-refractivity contribution in [3.05, 3.63) is 12.2 Å². The molecule has 1 N–H and O–H groups in total. The first-order chi connectivity index (χ1) is 26.3. The van der Waals surface area contributed by atoms with E-state index < -0.39 is 17.0 Å². The molecular weight excluding hydrogens is 717 g/mol. The summed E-state index contributed by atoms with van der Waals surface area (Å²) in [5.41, 5.74) is -0.226. The molecule has 0 spiro atoms. The van der Waals surface area contributed by atoms with Crippen LogP contribution in [-0.2, 0) is 23.9 Å². The van der Waals surface area contributed by atoms with Crippen molar-refractivity contribution in [3.8, 4) is 0 Å². The molecule has 3 saturated heterocycles. The SMILES string of the molecule is C=C(C)[C@@H]1CC[C@]2(C(=O)N3C[C@@H]4CC[C@H]3CN4C(=O)OC(C)(C)C)CC[C@]3(C)[C@H](CC[C@@H]4[C@@]5(C)CC[C@H](OC(=O)CC(C)(C)CC(=O)O)C(C)(C)[C@@H]5CC[C@]43C)[C@@H]12. The first-order valence-corrected chi connectivity index (χ1v) is 22.7. The minimum atomic E-state index is -0.893. The molecule has 0 aromatic rings. The van der Waals surface area contributed by atoms with E-state index in [9.17, 15) is 19.5 Å². The summed E-state index contributed by atoms with van der Waals surface area (Å²) in [7, 11) is 0. The zero-order chi connectivity index (χ0) is 41.9. The number of fused-ring (bicyclic) bond motifs is 10. The van der Waals surface area contributed by atoms with Gasteiger partial charge in [0, 0.05) is 24.5 Å². The second-order valence-electron chi connectivity index (χ2n) is 23.6. The number of carboxylic acid groups (broad SMARTS) is 1. The van der Waals surface area contributed by atoms with Crippen LogP contribution in [0.15, 0.2) is 12.2 Å². The van der Waals surface area contributed by atoms with E-state index in [4.69, 9.17) is 9.47 Å². The number of piperidine rings is 2. The number of rotatable bonds is 7. The highest BCUT2D eigenvalue weighted by molar-refractivity contribution is 5.85. The van der Waals surface area contributed by atoms with Crippen LogP contribution in [0.2, 0.25) is 0 Å². The summed E-state index contributed by atoms with van der Waals surface area (Å²) in [6, 6.07) is 0.0486. The van der Waals surface area contributed by atoms with Gasteiger partial charge in [-0.15, -0.1) is 0 Å². The standard InChI is InChI=1S/C48H76N2O7/c1-29(2)32-17-22-48(40(54)49-27-31-14-13-30(49)28-50(31)41(55)57-42(3,4)5)24-23-46(11)33(39(32)48)15-16-35-45(10)20-19-36(44(8,9)34(45)18-21-47(35,46)12)56-38(53)26-43(6,7)25-37(51)52/h30-36,39H,1,13-28H2,2-12H3,(H,51,52)/t30-,31-,32-,33+,34-,35+,36-,39+,45-,46+,47+,48-/m0/s1. The van der Waals surface area contributed by atoms with E-state index in [1.165, 1.54) is 5.57 Å². The number of allylic oxidation sites excluding steroid dienone is 1. The van der Waals surface area contributed by atoms with Gasteiger partial charge in [0.25, 0.3) is 0 Å². The highest BCUT2D eigenvalue weighted by atomic mass is 16.6. The van der Waals surface area contributed by atoms with E-state index in [0.717, 1.165) is 77.0 Å². The fourth-order valence-corrected chi connectivity index (χ4v) is 15.7. The smallest absolute Gasteiger partial charge is 0.410 e. The van der Waals surface area contributed by atoms with Crippen molar-refractivity contribution in [1.29, 1.82) is 0 Å². The van der Waals surface area contributed by atoms with Crippen molar-refractivity contribution in [3.63, 3.8) is 0 Å². The van der Waals surface area contributed by atoms with Crippen LogP contribution in [0.25, 0.3) is 0 Å². The van der Waals surface area contributed by atoms with Crippen LogP contribution in [0, 0.1) is 62.1 Å². The number of aliphatic carboxylic acids is 1. The van der Waals surface area contributed by atoms with Crippen LogP contribution in [0.1, 0.15) is 166 Å². The Morgan fingerprint density at radius 3 is 1.98 bits per heavy atom. The molecule has 9 heteroatoms. The minimum absolute atomic E-state index is 0.00719. The average Bonchev–Trinajstić information content (AvgIpc) is 3.49. The van der Waals surface area contributed by atoms with Gasteiger partial charge < -0.3 is 24.4 Å². The molecule has 0 aromatic carbocycles. The number of ether oxygens (including phenoxy) is 2. The predicted octanol–water partition coefficient (Wildman–Crippen LogP) is 10.1. The largest absolute Gasteiger partial charge is 0.481 e. The van der Waals surface area contributed by atoms with Gasteiger partial charge in [0.15, 0.2) is 0 Å². The lowest BCUT2D eigenvalue weighted by atomic mass is 9.32. The quantitative estimate of drug-likeness (QED) is 0.202. The number of hydrogen-bond acceptors (Lipinski definition) is 6. The van der Waals surface area contributed by atoms with Crippen LogP contribution in [-0.4, -0.2) is 75.7 Å². The number of carboxylic acids is 1. The van der Waals surface area contributed by atoms with Crippen molar-refractivity contribution in [2.75, 3.05) is 13.1 Å². The van der Waals surface area contributed by atoms with Crippen LogP contribution in [0.5, 0.6) is 0 Å². The molecule has 5 aliphatic carbocycles. The first kappa shape index (κ1) is 42.5. The summed E-state index contributed by atoms with van der Waals surface area (Å²) in [6.07, 6.45) is 11.8. The second-order valence-corrected chi connectivity index (χ2v) is 23.6. The number of esters is 1. The van der Waals surface area contributed by atoms with E-state index in [1.54, 1.807) is 0 Å². The third-order valence-electron chi connectivity index (χ3n) is 18.4. The molecule has 8 aliphatic rings. The highest BCUT2D eigenvalue weighted by Gasteiger charge is 2.72. The van der Waals surface area contributed by atoms with Crippen LogP contribution in [0.4, 0.5) is 4.79 Å². The summed E-state index contributed by atoms with van der Waals surface area (Å²) in [5.74, 6) is 1.21. The van der Waals surface area contributed by atoms with Gasteiger partial charge in [-0.1, -0.05) is 60.6 Å². The normalized spacial score (nSPS) is 42.2. The summed E-state index contributed by atoms with van der Waals surface area (Å²) in [6.45, 7) is 29.8. The lowest BCUT2D eigenvalue weighted by Gasteiger charge is -2.73. The molecule has 9 nitrogen and oxygen atoms in total. The van der Waals surface area contributed by atoms with Crippen molar-refractivity contribution < 1.29 is 33.8 Å². The summed E-state index contributed by atoms with van der Waals surface area (Å²) < 4.78 is 12.1. The van der Waals surface area contributed by atoms with Crippen LogP contribution in [0.3, 0.4) is 0 Å². The minimum Gasteiger partial charge on any atom is -0.481 e. The van der Waals surface area contributed by atoms with Gasteiger partial charge >= 0.3 is 18.0 Å². The van der Waals surface area contributed by atoms with E-state index in [0.29, 0.717) is 42.7 Å². The summed E-state index contributed by atoms with van der Waals surface area (Å²) in [5, 5.41) is 9.39. The number of amides is 2. The molecule has 57 heavy (non-hydrogen) atoms. The highest BCUT2D eigenvalue weighted by Crippen LogP contribution is 2.78. The molecule has 0 radical (unpaired) electrons. The summed E-state index contributed by atoms with van der Waals surface area (Å²) >= 11 is 0. The maximum absolute atomic E-state index is 15.4. The maximum Gasteiger partial charge on any atom is 0.410 e. The third-order valence-corrected chi connectivity index (χ3v) is 18.4. The van der Waals surface area contributed by atoms with Gasteiger partial charge in [0.1, 0.15) is 11.7 Å². The molecule has 0 aromatic heterocycles. The van der Waals surface area contributed by atoms with E-state index in [2.05, 4.69) is 53.0 Å². The second kappa shape index (κ2) is 14.0. The number of carbonyl (C=O) groups excluding carboxylic acids is 3. The molecular formula is C48H76N2O7. The molecule has 5 saturated carbocycles. The van der Waals surface area contributed by atoms with Crippen molar-refractivity contribution in [2.45, 2.75) is 190 Å². The fraction of sp³-hybridized carbons (Fsp3) is 0.875. The van der Waals surface area contributed by atoms with Crippen molar-refractivity contribution in [2.24, 2.45) is 62.1 Å². The topological polar surface area (TPSA) is 113 Å². The Labute approximate surface area is 343 Å². The van der Waals surface area contributed by atoms with Crippen LogP contribution >= 0.6 is 0 Å². The molecule has 0 unspecified atom stereocenters. The Bertz CT molecular complexity index is 1660. The maximum atomic E-state index is 15.4. The van der Waals surface area contributed by atoms with E-state index in [1.807, 2.05) is 39.5 Å². The Morgan fingerprint density at radius 1 is 0.737 bits per heavy atom. The molecule has 3 aliphatic heterocycles. The lowest BCUT2D eigenvalue weighted by molar-refractivity contribution is -0.250. The Kier molecular flexibility index (Phi) is 10.4. The Balaban J connectivity index is 1.12. The third kappa shape index (κ3) is 6.77. The van der Waals surface area contributed by atoms with Gasteiger partial charge in [0.2, 0.25) is 5.91 Å². The van der Waals surface area contributed by atoms with Crippen molar-refractivity contribution in [1.82, 2.24) is 9.80 Å². The Morgan fingerprint density at radius 2 is 1.39 bits per heavy atom. The molecule has 12 atom stereocenters. The molecule has 8 fully saturated rings. The average molecular weight is 793 g/mol. The van der Waals surface area contributed by atoms with Gasteiger partial charge in [-0.05, 0) is 156 Å². The number of nitrogens with zero attached hydrogens (tertiary/aromatic N) is 2. The number of piperazine rings is 1. The number of hydrogen-bond donors (Lipinski definition) is 1. The zero-order valence-corrected chi connectivity index (χ0v) is 37.4. The first-order valence-electron chi connectivity index (χ1n) is 22.7. The summed E-state index contributed by atoms with van der Waals surface area (Å²) in [4.78, 5) is 57.5. The molecule has 8 rings (SSSR count). The van der Waals surface area contributed by atoms with Gasteiger partial charge in [-0.25, -0.2) is 4.79 Å². The van der Waals surface area contributed by atoms with Crippen molar-refractivity contribution >= 4 is 23.9 Å². The van der Waals surface area contributed by atoms with E-state index >= 15 is 4.79 Å². The Hall–Kier alpha value is -2.58. The zero-order valence-electron chi connectivity index (χ0n) is 37.4. The molecule has 2 amide bonds. The van der Waals surface area contributed by atoms with Gasteiger partial charge in [0.05, 0.1) is 24.3 Å². The predicted molar refractivity (Wildman–Crippen MR) is 221 cm³/mol. The van der Waals surface area contributed by atoms with Gasteiger partial charge in [-0.3, -0.25) is 14.4 Å². The molecule has 2 bridgehead atoms. The van der Waals surface area contributed by atoms with Gasteiger partial charge in [-0.2, -0.15) is 0 Å². The number of carbonyl (C=O) groups is 4. The molecule has 320 valence electrons. The monoisotopic (exact) mass is 793 g/mol. The fourth-order valence-electron chi connectivity index (χ4n) is 15.7. The lowest BCUT2D eigenvalue weighted by Crippen LogP contribution is -2.70. The van der Waals surface area contributed by atoms with Crippen LogP contribution < -0.4 is 0 Å².